The number of aromatic nitrogens is 1. The number of carbonyl (C=O) groups excluding carboxylic acids is 2. The normalized spacial score (nSPS) is 20.0. The summed E-state index contributed by atoms with van der Waals surface area (Å²) in [6.07, 6.45) is 3.77. The van der Waals surface area contributed by atoms with Crippen LogP contribution in [0.15, 0.2) is 48.7 Å². The molecule has 1 fully saturated rings. The summed E-state index contributed by atoms with van der Waals surface area (Å²) in [5.41, 5.74) is 2.01. The molecule has 0 saturated heterocycles. The molecule has 4 rings (SSSR count). The van der Waals surface area contributed by atoms with Gasteiger partial charge in [-0.25, -0.2) is 0 Å². The lowest BCUT2D eigenvalue weighted by Gasteiger charge is -2.27. The molecule has 1 unspecified atom stereocenters. The van der Waals surface area contributed by atoms with E-state index in [1.807, 2.05) is 48.2 Å². The maximum Gasteiger partial charge on any atom is 0.242 e. The summed E-state index contributed by atoms with van der Waals surface area (Å²) in [5, 5.41) is 2.90. The van der Waals surface area contributed by atoms with E-state index in [0.29, 0.717) is 19.4 Å². The minimum absolute atomic E-state index is 0.0662. The molecule has 5 heteroatoms. The van der Waals surface area contributed by atoms with E-state index in [0.717, 1.165) is 17.8 Å². The van der Waals surface area contributed by atoms with Gasteiger partial charge in [0.15, 0.2) is 0 Å². The van der Waals surface area contributed by atoms with Crippen LogP contribution < -0.4 is 10.2 Å². The average Bonchev–Trinajstić information content (AvgIpc) is 3.38. The third-order valence-corrected chi connectivity index (χ3v) is 5.18. The third-order valence-electron chi connectivity index (χ3n) is 5.18. The van der Waals surface area contributed by atoms with Gasteiger partial charge in [0.2, 0.25) is 11.8 Å². The first kappa shape index (κ1) is 15.8. The molecule has 1 atom stereocenters. The molecule has 1 aromatic heterocycles. The van der Waals surface area contributed by atoms with Gasteiger partial charge in [0.1, 0.15) is 5.41 Å². The van der Waals surface area contributed by atoms with Crippen molar-refractivity contribution in [3.05, 3.63) is 59.9 Å². The van der Waals surface area contributed by atoms with Gasteiger partial charge < -0.3 is 10.2 Å². The van der Waals surface area contributed by atoms with Crippen molar-refractivity contribution in [1.29, 1.82) is 0 Å². The number of hydrogen-bond donors (Lipinski definition) is 1. The maximum atomic E-state index is 13.2. The molecule has 0 bridgehead atoms. The largest absolute Gasteiger partial charge is 0.350 e. The second-order valence-electron chi connectivity index (χ2n) is 6.94. The molecular formula is C20H21N3O2. The zero-order chi connectivity index (χ0) is 17.4. The Balaban J connectivity index is 1.51. The molecule has 0 radical (unpaired) electrons. The lowest BCUT2D eigenvalue weighted by molar-refractivity contribution is -0.136. The number of anilines is 1. The van der Waals surface area contributed by atoms with E-state index in [4.69, 9.17) is 0 Å². The molecule has 2 aliphatic rings. The summed E-state index contributed by atoms with van der Waals surface area (Å²) in [7, 11) is 0. The Labute approximate surface area is 147 Å². The second kappa shape index (κ2) is 5.99. The summed E-state index contributed by atoms with van der Waals surface area (Å²) in [4.78, 5) is 32.0. The number of nitrogens with zero attached hydrogens (tertiary/aromatic N) is 2. The zero-order valence-electron chi connectivity index (χ0n) is 14.2. The van der Waals surface area contributed by atoms with Crippen LogP contribution in [0.25, 0.3) is 0 Å². The molecule has 2 aromatic rings. The van der Waals surface area contributed by atoms with Gasteiger partial charge in [-0.05, 0) is 49.9 Å². The van der Waals surface area contributed by atoms with Crippen LogP contribution in [0.3, 0.4) is 0 Å². The highest BCUT2D eigenvalue weighted by molar-refractivity contribution is 6.14. The van der Waals surface area contributed by atoms with Crippen LogP contribution in [0.5, 0.6) is 0 Å². The highest BCUT2D eigenvalue weighted by atomic mass is 16.2. The monoisotopic (exact) mass is 335 g/mol. The number of pyridine rings is 1. The van der Waals surface area contributed by atoms with Crippen molar-refractivity contribution in [2.45, 2.75) is 38.8 Å². The number of fused-ring (bicyclic) bond motifs is 1. The smallest absolute Gasteiger partial charge is 0.242 e. The molecule has 1 aliphatic heterocycles. The van der Waals surface area contributed by atoms with Crippen LogP contribution in [0.4, 0.5) is 5.69 Å². The van der Waals surface area contributed by atoms with Gasteiger partial charge in [-0.1, -0.05) is 24.3 Å². The Hall–Kier alpha value is -2.69. The van der Waals surface area contributed by atoms with E-state index >= 15 is 0 Å². The summed E-state index contributed by atoms with van der Waals surface area (Å²) in [6.45, 7) is 2.39. The van der Waals surface area contributed by atoms with E-state index in [1.165, 1.54) is 5.56 Å². The molecule has 0 spiro atoms. The molecule has 1 N–H and O–H groups in total. The Morgan fingerprint density at radius 2 is 1.96 bits per heavy atom. The molecule has 5 nitrogen and oxygen atoms in total. The summed E-state index contributed by atoms with van der Waals surface area (Å²) >= 11 is 0. The van der Waals surface area contributed by atoms with Crippen molar-refractivity contribution in [2.75, 3.05) is 4.90 Å². The molecule has 1 aliphatic carbocycles. The van der Waals surface area contributed by atoms with E-state index in [2.05, 4.69) is 16.4 Å². The van der Waals surface area contributed by atoms with Gasteiger partial charge in [0.25, 0.3) is 0 Å². The molecule has 1 aromatic carbocycles. The van der Waals surface area contributed by atoms with Gasteiger partial charge in [-0.15, -0.1) is 0 Å². The van der Waals surface area contributed by atoms with Crippen LogP contribution in [0, 0.1) is 5.41 Å². The fraction of sp³-hybridized carbons (Fsp3) is 0.350. The Bertz CT molecular complexity index is 815. The average molecular weight is 335 g/mol. The third kappa shape index (κ3) is 2.69. The van der Waals surface area contributed by atoms with Crippen molar-refractivity contribution < 1.29 is 9.59 Å². The molecule has 2 amide bonds. The predicted octanol–water partition coefficient (Wildman–Crippen LogP) is 2.46. The van der Waals surface area contributed by atoms with Crippen LogP contribution in [-0.4, -0.2) is 22.8 Å². The summed E-state index contributed by atoms with van der Waals surface area (Å²) in [6, 6.07) is 13.6. The van der Waals surface area contributed by atoms with Crippen LogP contribution >= 0.6 is 0 Å². The molecular weight excluding hydrogens is 314 g/mol. The first-order valence-corrected chi connectivity index (χ1v) is 8.71. The topological polar surface area (TPSA) is 62.3 Å². The van der Waals surface area contributed by atoms with E-state index in [1.54, 1.807) is 6.20 Å². The SMILES string of the molecule is CC1Cc2ccccc2N1C(=O)C1(C(=O)NCc2ccccn2)CC1. The van der Waals surface area contributed by atoms with Crippen LogP contribution in [0.1, 0.15) is 31.0 Å². The van der Waals surface area contributed by atoms with E-state index < -0.39 is 5.41 Å². The van der Waals surface area contributed by atoms with Gasteiger partial charge in [-0.2, -0.15) is 0 Å². The molecule has 2 heterocycles. The molecule has 128 valence electrons. The minimum atomic E-state index is -0.902. The van der Waals surface area contributed by atoms with Gasteiger partial charge >= 0.3 is 0 Å². The van der Waals surface area contributed by atoms with Gasteiger partial charge in [-0.3, -0.25) is 14.6 Å². The number of nitrogens with one attached hydrogen (secondary N) is 1. The van der Waals surface area contributed by atoms with Gasteiger partial charge in [0, 0.05) is 17.9 Å². The molecule has 1 saturated carbocycles. The standard InChI is InChI=1S/C20H21N3O2/c1-14-12-15-6-2-3-8-17(15)23(14)19(25)20(9-10-20)18(24)22-13-16-7-4-5-11-21-16/h2-8,11,14H,9-10,12-13H2,1H3,(H,22,24). The Kier molecular flexibility index (Phi) is 3.79. The first-order valence-electron chi connectivity index (χ1n) is 8.71. The van der Waals surface area contributed by atoms with Crippen molar-refractivity contribution in [3.63, 3.8) is 0 Å². The van der Waals surface area contributed by atoms with Crippen molar-refractivity contribution in [3.8, 4) is 0 Å². The van der Waals surface area contributed by atoms with E-state index in [9.17, 15) is 9.59 Å². The molecule has 25 heavy (non-hydrogen) atoms. The van der Waals surface area contributed by atoms with Crippen molar-refractivity contribution in [1.82, 2.24) is 10.3 Å². The summed E-state index contributed by atoms with van der Waals surface area (Å²) < 4.78 is 0. The number of benzene rings is 1. The van der Waals surface area contributed by atoms with Crippen LogP contribution in [0.2, 0.25) is 0 Å². The van der Waals surface area contributed by atoms with E-state index in [-0.39, 0.29) is 17.9 Å². The highest BCUT2D eigenvalue weighted by Gasteiger charge is 2.59. The zero-order valence-corrected chi connectivity index (χ0v) is 14.2. The first-order chi connectivity index (χ1) is 12.1. The minimum Gasteiger partial charge on any atom is -0.350 e. The number of hydrogen-bond acceptors (Lipinski definition) is 3. The predicted molar refractivity (Wildman–Crippen MR) is 94.8 cm³/mol. The lowest BCUT2D eigenvalue weighted by Crippen LogP contribution is -2.47. The Morgan fingerprint density at radius 1 is 1.20 bits per heavy atom. The maximum absolute atomic E-state index is 13.2. The highest BCUT2D eigenvalue weighted by Crippen LogP contribution is 2.49. The second-order valence-corrected chi connectivity index (χ2v) is 6.94. The number of rotatable bonds is 4. The Morgan fingerprint density at radius 3 is 2.68 bits per heavy atom. The van der Waals surface area contributed by atoms with Gasteiger partial charge in [0.05, 0.1) is 12.2 Å². The van der Waals surface area contributed by atoms with Crippen molar-refractivity contribution >= 4 is 17.5 Å². The number of para-hydroxylation sites is 1. The lowest BCUT2D eigenvalue weighted by atomic mass is 10.0. The van der Waals surface area contributed by atoms with Crippen LogP contribution in [-0.2, 0) is 22.6 Å². The summed E-state index contributed by atoms with van der Waals surface area (Å²) in [5.74, 6) is -0.247. The number of carbonyl (C=O) groups is 2. The quantitative estimate of drug-likeness (QED) is 0.873. The number of amides is 2. The fourth-order valence-corrected chi connectivity index (χ4v) is 3.61. The van der Waals surface area contributed by atoms with Crippen molar-refractivity contribution in [2.24, 2.45) is 5.41 Å². The fourth-order valence-electron chi connectivity index (χ4n) is 3.61.